The third kappa shape index (κ3) is 6.65. The van der Waals surface area contributed by atoms with Crippen LogP contribution in [0.5, 0.6) is 0 Å². The number of hydrogen-bond donors (Lipinski definition) is 3. The van der Waals surface area contributed by atoms with E-state index >= 15 is 0 Å². The molecule has 3 N–H and O–H groups in total. The maximum absolute atomic E-state index is 8.46. The highest BCUT2D eigenvalue weighted by atomic mass is 31.2. The first-order valence-electron chi connectivity index (χ1n) is 4.78. The third-order valence-electron chi connectivity index (χ3n) is 1.94. The molecule has 0 spiro atoms. The zero-order chi connectivity index (χ0) is 11.1. The monoisotopic (exact) mass is 224 g/mol. The van der Waals surface area contributed by atoms with E-state index in [2.05, 4.69) is 42.7 Å². The second kappa shape index (κ2) is 7.51. The number of hydroxylamine groups is 1. The van der Waals surface area contributed by atoms with Gasteiger partial charge in [0.2, 0.25) is 0 Å². The molecule has 0 heterocycles. The molecule has 5 nitrogen and oxygen atoms in total. The molecule has 0 saturated heterocycles. The molecule has 0 aliphatic rings. The van der Waals surface area contributed by atoms with E-state index < -0.39 is 8.60 Å². The van der Waals surface area contributed by atoms with E-state index in [1.165, 1.54) is 0 Å². The Bertz CT molecular complexity index is 137. The first kappa shape index (κ1) is 14.2. The molecule has 0 fully saturated rings. The van der Waals surface area contributed by atoms with Crippen LogP contribution in [0.25, 0.3) is 0 Å². The summed E-state index contributed by atoms with van der Waals surface area (Å²) in [5.41, 5.74) is 2.51. The van der Waals surface area contributed by atoms with Gasteiger partial charge in [-0.05, 0) is 27.7 Å². The molecule has 0 radical (unpaired) electrons. The lowest BCUT2D eigenvalue weighted by atomic mass is 10.2. The van der Waals surface area contributed by atoms with Crippen LogP contribution >= 0.6 is 8.60 Å². The lowest BCUT2D eigenvalue weighted by Gasteiger charge is -2.30. The van der Waals surface area contributed by atoms with Gasteiger partial charge in [-0.2, -0.15) is 5.48 Å². The van der Waals surface area contributed by atoms with Crippen molar-refractivity contribution < 1.29 is 14.4 Å². The average Bonchev–Trinajstić information content (AvgIpc) is 2.01. The SMILES string of the molecule is CC(C)N(CCNOP(O)O)C(C)C. The summed E-state index contributed by atoms with van der Waals surface area (Å²) < 4.78 is 4.45. The van der Waals surface area contributed by atoms with Crippen molar-refractivity contribution in [2.45, 2.75) is 39.8 Å². The molecule has 14 heavy (non-hydrogen) atoms. The second-order valence-corrected chi connectivity index (χ2v) is 4.35. The molecule has 0 saturated carbocycles. The zero-order valence-electron chi connectivity index (χ0n) is 9.27. The molecular weight excluding hydrogens is 203 g/mol. The lowest BCUT2D eigenvalue weighted by molar-refractivity contribution is 0.123. The summed E-state index contributed by atoms with van der Waals surface area (Å²) in [7, 11) is -2.29. The number of nitrogens with zero attached hydrogens (tertiary/aromatic N) is 1. The van der Waals surface area contributed by atoms with Gasteiger partial charge in [-0.3, -0.25) is 4.90 Å². The van der Waals surface area contributed by atoms with E-state index in [4.69, 9.17) is 9.79 Å². The second-order valence-electron chi connectivity index (χ2n) is 3.66. The van der Waals surface area contributed by atoms with Gasteiger partial charge in [0, 0.05) is 25.2 Å². The first-order valence-corrected chi connectivity index (χ1v) is 5.95. The molecule has 0 aromatic heterocycles. The Hall–Kier alpha value is 0.230. The zero-order valence-corrected chi connectivity index (χ0v) is 10.2. The molecule has 0 aliphatic heterocycles. The van der Waals surface area contributed by atoms with Gasteiger partial charge in [0.1, 0.15) is 0 Å². The van der Waals surface area contributed by atoms with Crippen LogP contribution in [0.15, 0.2) is 0 Å². The Balaban J connectivity index is 3.62. The fourth-order valence-electron chi connectivity index (χ4n) is 1.39. The molecule has 0 bridgehead atoms. The van der Waals surface area contributed by atoms with E-state index in [0.717, 1.165) is 6.54 Å². The maximum Gasteiger partial charge on any atom is 0.345 e. The van der Waals surface area contributed by atoms with Crippen LogP contribution < -0.4 is 5.48 Å². The van der Waals surface area contributed by atoms with Gasteiger partial charge < -0.3 is 9.79 Å². The minimum absolute atomic E-state index is 0.474. The normalized spacial score (nSPS) is 12.4. The Kier molecular flexibility index (Phi) is 7.64. The smallest absolute Gasteiger partial charge is 0.327 e. The fraction of sp³-hybridized carbons (Fsp3) is 1.00. The summed E-state index contributed by atoms with van der Waals surface area (Å²) in [5, 5.41) is 0. The maximum atomic E-state index is 8.46. The topological polar surface area (TPSA) is 65.0 Å². The van der Waals surface area contributed by atoms with E-state index in [-0.39, 0.29) is 0 Å². The largest absolute Gasteiger partial charge is 0.345 e. The van der Waals surface area contributed by atoms with Crippen molar-refractivity contribution in [2.24, 2.45) is 0 Å². The Morgan fingerprint density at radius 3 is 2.07 bits per heavy atom. The number of hydrogen-bond acceptors (Lipinski definition) is 5. The summed E-state index contributed by atoms with van der Waals surface area (Å²) >= 11 is 0. The van der Waals surface area contributed by atoms with Crippen LogP contribution in [-0.2, 0) is 4.62 Å². The van der Waals surface area contributed by atoms with Crippen LogP contribution in [-0.4, -0.2) is 39.9 Å². The highest BCUT2D eigenvalue weighted by Crippen LogP contribution is 2.21. The predicted molar refractivity (Wildman–Crippen MR) is 57.4 cm³/mol. The minimum atomic E-state index is -2.29. The highest BCUT2D eigenvalue weighted by Gasteiger charge is 2.12. The third-order valence-corrected chi connectivity index (χ3v) is 2.24. The molecular formula is C8H21N2O3P. The summed E-state index contributed by atoms with van der Waals surface area (Å²) in [6, 6.07) is 0.947. The van der Waals surface area contributed by atoms with Gasteiger partial charge in [0.05, 0.1) is 0 Å². The minimum Gasteiger partial charge on any atom is -0.327 e. The Morgan fingerprint density at radius 1 is 1.21 bits per heavy atom. The molecule has 0 atom stereocenters. The van der Waals surface area contributed by atoms with Crippen LogP contribution in [0.4, 0.5) is 0 Å². The Morgan fingerprint density at radius 2 is 1.71 bits per heavy atom. The van der Waals surface area contributed by atoms with Crippen LogP contribution in [0.2, 0.25) is 0 Å². The molecule has 0 unspecified atom stereocenters. The quantitative estimate of drug-likeness (QED) is 0.340. The van der Waals surface area contributed by atoms with E-state index in [1.54, 1.807) is 0 Å². The van der Waals surface area contributed by atoms with E-state index in [9.17, 15) is 0 Å². The summed E-state index contributed by atoms with van der Waals surface area (Å²) in [6.45, 7) is 9.92. The molecule has 0 amide bonds. The highest BCUT2D eigenvalue weighted by molar-refractivity contribution is 7.39. The van der Waals surface area contributed by atoms with E-state index in [0.29, 0.717) is 18.6 Å². The molecule has 86 valence electrons. The molecule has 0 aromatic rings. The summed E-state index contributed by atoms with van der Waals surface area (Å²) in [6.07, 6.45) is 0. The molecule has 0 rings (SSSR count). The Labute approximate surface area is 87.0 Å². The predicted octanol–water partition coefficient (Wildman–Crippen LogP) is 0.838. The standard InChI is InChI=1S/C8H21N2O3P/c1-7(2)10(8(3)4)6-5-9-13-14(11)12/h7-9,11-12H,5-6H2,1-4H3. The van der Waals surface area contributed by atoms with Crippen molar-refractivity contribution in [3.8, 4) is 0 Å². The first-order chi connectivity index (χ1) is 6.45. The van der Waals surface area contributed by atoms with Crippen molar-refractivity contribution >= 4 is 8.60 Å². The lowest BCUT2D eigenvalue weighted by Crippen LogP contribution is -2.41. The van der Waals surface area contributed by atoms with Gasteiger partial charge >= 0.3 is 8.60 Å². The van der Waals surface area contributed by atoms with Gasteiger partial charge in [0.15, 0.2) is 0 Å². The van der Waals surface area contributed by atoms with Crippen LogP contribution in [0.1, 0.15) is 27.7 Å². The van der Waals surface area contributed by atoms with Gasteiger partial charge in [0.25, 0.3) is 0 Å². The number of rotatable bonds is 7. The molecule has 0 aromatic carbocycles. The molecule has 0 aliphatic carbocycles. The van der Waals surface area contributed by atoms with Gasteiger partial charge in [-0.25, -0.2) is 4.62 Å². The van der Waals surface area contributed by atoms with Crippen LogP contribution in [0, 0.1) is 0 Å². The van der Waals surface area contributed by atoms with Crippen molar-refractivity contribution in [1.29, 1.82) is 0 Å². The van der Waals surface area contributed by atoms with Crippen LogP contribution in [0.3, 0.4) is 0 Å². The van der Waals surface area contributed by atoms with Gasteiger partial charge in [-0.15, -0.1) is 0 Å². The van der Waals surface area contributed by atoms with Crippen molar-refractivity contribution in [3.05, 3.63) is 0 Å². The molecule has 6 heteroatoms. The van der Waals surface area contributed by atoms with Crippen molar-refractivity contribution in [1.82, 2.24) is 10.4 Å². The number of nitrogens with one attached hydrogen (secondary N) is 1. The average molecular weight is 224 g/mol. The van der Waals surface area contributed by atoms with Crippen molar-refractivity contribution in [2.75, 3.05) is 13.1 Å². The van der Waals surface area contributed by atoms with Gasteiger partial charge in [-0.1, -0.05) is 0 Å². The van der Waals surface area contributed by atoms with E-state index in [1.807, 2.05) is 0 Å². The summed E-state index contributed by atoms with van der Waals surface area (Å²) in [5.74, 6) is 0. The van der Waals surface area contributed by atoms with Crippen molar-refractivity contribution in [3.63, 3.8) is 0 Å². The fourth-order valence-corrected chi connectivity index (χ4v) is 1.60. The summed E-state index contributed by atoms with van der Waals surface area (Å²) in [4.78, 5) is 19.2.